The number of thiophene rings is 1. The van der Waals surface area contributed by atoms with Crippen LogP contribution >= 0.6 is 11.3 Å². The van der Waals surface area contributed by atoms with Crippen LogP contribution in [-0.2, 0) is 10.0 Å². The van der Waals surface area contributed by atoms with Crippen LogP contribution in [0.2, 0.25) is 0 Å². The van der Waals surface area contributed by atoms with E-state index in [4.69, 9.17) is 5.73 Å². The number of nitrogen functional groups attached to an aromatic ring is 1. The normalized spacial score (nSPS) is 11.4. The Labute approximate surface area is 110 Å². The fraction of sp³-hybridized carbons (Fsp3) is 0.182. The van der Waals surface area contributed by atoms with Crippen molar-refractivity contribution in [3.05, 3.63) is 34.8 Å². The molecule has 0 saturated heterocycles. The molecule has 96 valence electrons. The summed E-state index contributed by atoms with van der Waals surface area (Å²) in [6.45, 7) is 3.70. The lowest BCUT2D eigenvalue weighted by molar-refractivity contribution is 0.603. The second-order valence-electron chi connectivity index (χ2n) is 3.98. The Hall–Kier alpha value is -1.60. The van der Waals surface area contributed by atoms with E-state index in [1.165, 1.54) is 6.07 Å². The van der Waals surface area contributed by atoms with E-state index in [0.29, 0.717) is 11.5 Å². The fourth-order valence-corrected chi connectivity index (χ4v) is 3.62. The van der Waals surface area contributed by atoms with Crippen LogP contribution in [0.3, 0.4) is 0 Å². The summed E-state index contributed by atoms with van der Waals surface area (Å²) in [5.74, 6) is 0.319. The van der Waals surface area contributed by atoms with E-state index in [1.807, 2.05) is 19.9 Å². The van der Waals surface area contributed by atoms with E-state index in [0.717, 1.165) is 22.6 Å². The number of pyridine rings is 1. The van der Waals surface area contributed by atoms with Crippen LogP contribution in [0, 0.1) is 13.8 Å². The first-order valence-corrected chi connectivity index (χ1v) is 7.55. The lowest BCUT2D eigenvalue weighted by atomic mass is 10.2. The number of nitrogens with one attached hydrogen (secondary N) is 1. The zero-order chi connectivity index (χ0) is 13.3. The molecule has 0 unspecified atom stereocenters. The maximum absolute atomic E-state index is 12.0. The SMILES string of the molecule is Cc1cc(C)nc(NS(=O)(=O)c2cc(N)cs2)c1. The molecule has 2 heterocycles. The Morgan fingerprint density at radius 1 is 1.28 bits per heavy atom. The number of rotatable bonds is 3. The van der Waals surface area contributed by atoms with Gasteiger partial charge in [-0.25, -0.2) is 13.4 Å². The predicted molar refractivity (Wildman–Crippen MR) is 73.3 cm³/mol. The van der Waals surface area contributed by atoms with E-state index < -0.39 is 10.0 Å². The van der Waals surface area contributed by atoms with Crippen molar-refractivity contribution in [3.63, 3.8) is 0 Å². The zero-order valence-corrected chi connectivity index (χ0v) is 11.6. The molecule has 0 aliphatic heterocycles. The van der Waals surface area contributed by atoms with Gasteiger partial charge in [-0.05, 0) is 37.6 Å². The van der Waals surface area contributed by atoms with Gasteiger partial charge >= 0.3 is 0 Å². The van der Waals surface area contributed by atoms with Gasteiger partial charge in [0.2, 0.25) is 0 Å². The third kappa shape index (κ3) is 2.80. The van der Waals surface area contributed by atoms with Gasteiger partial charge in [0.15, 0.2) is 0 Å². The summed E-state index contributed by atoms with van der Waals surface area (Å²) in [4.78, 5) is 4.13. The number of hydrogen-bond acceptors (Lipinski definition) is 5. The average molecular weight is 283 g/mol. The number of hydrogen-bond donors (Lipinski definition) is 2. The summed E-state index contributed by atoms with van der Waals surface area (Å²) in [5.41, 5.74) is 7.67. The lowest BCUT2D eigenvalue weighted by Crippen LogP contribution is -2.13. The van der Waals surface area contributed by atoms with Crippen LogP contribution in [0.15, 0.2) is 27.8 Å². The summed E-state index contributed by atoms with van der Waals surface area (Å²) in [6.07, 6.45) is 0. The average Bonchev–Trinajstić information content (AvgIpc) is 2.62. The van der Waals surface area contributed by atoms with Crippen molar-refractivity contribution in [2.45, 2.75) is 18.1 Å². The van der Waals surface area contributed by atoms with E-state index in [1.54, 1.807) is 11.4 Å². The Kier molecular flexibility index (Phi) is 3.27. The molecule has 0 saturated carbocycles. The maximum Gasteiger partial charge on any atom is 0.272 e. The van der Waals surface area contributed by atoms with Crippen molar-refractivity contribution < 1.29 is 8.42 Å². The first-order valence-electron chi connectivity index (χ1n) is 5.19. The zero-order valence-electron chi connectivity index (χ0n) is 9.97. The largest absolute Gasteiger partial charge is 0.398 e. The van der Waals surface area contributed by atoms with Gasteiger partial charge in [0.25, 0.3) is 10.0 Å². The van der Waals surface area contributed by atoms with Gasteiger partial charge in [-0.15, -0.1) is 11.3 Å². The summed E-state index contributed by atoms with van der Waals surface area (Å²) >= 11 is 1.08. The molecule has 7 heteroatoms. The minimum absolute atomic E-state index is 0.181. The molecule has 2 aromatic rings. The minimum atomic E-state index is -3.60. The monoisotopic (exact) mass is 283 g/mol. The molecule has 0 fully saturated rings. The highest BCUT2D eigenvalue weighted by molar-refractivity contribution is 7.94. The number of nitrogens with two attached hydrogens (primary N) is 1. The third-order valence-corrected chi connectivity index (χ3v) is 5.01. The highest BCUT2D eigenvalue weighted by Gasteiger charge is 2.17. The molecular weight excluding hydrogens is 270 g/mol. The van der Waals surface area contributed by atoms with Gasteiger partial charge in [-0.1, -0.05) is 0 Å². The quantitative estimate of drug-likeness (QED) is 0.903. The molecule has 0 radical (unpaired) electrons. The summed E-state index contributed by atoms with van der Waals surface area (Å²) in [6, 6.07) is 4.98. The Balaban J connectivity index is 2.33. The first kappa shape index (κ1) is 12.8. The van der Waals surface area contributed by atoms with Crippen LogP contribution in [0.1, 0.15) is 11.3 Å². The molecule has 2 rings (SSSR count). The first-order chi connectivity index (χ1) is 8.37. The molecule has 5 nitrogen and oxygen atoms in total. The second-order valence-corrected chi connectivity index (χ2v) is 6.80. The molecule has 0 bridgehead atoms. The van der Waals surface area contributed by atoms with Crippen LogP contribution in [0.25, 0.3) is 0 Å². The maximum atomic E-state index is 12.0. The predicted octanol–water partition coefficient (Wildman–Crippen LogP) is 2.14. The summed E-state index contributed by atoms with van der Waals surface area (Å²) in [5, 5.41) is 1.59. The Morgan fingerprint density at radius 2 is 2.00 bits per heavy atom. The molecule has 0 aliphatic carbocycles. The molecule has 18 heavy (non-hydrogen) atoms. The van der Waals surface area contributed by atoms with Crippen LogP contribution in [-0.4, -0.2) is 13.4 Å². The number of sulfonamides is 1. The molecule has 0 atom stereocenters. The molecule has 0 aliphatic rings. The van der Waals surface area contributed by atoms with Crippen LogP contribution < -0.4 is 10.5 Å². The van der Waals surface area contributed by atoms with Crippen molar-refractivity contribution >= 4 is 32.9 Å². The van der Waals surface area contributed by atoms with Crippen LogP contribution in [0.5, 0.6) is 0 Å². The van der Waals surface area contributed by atoms with Crippen molar-refractivity contribution in [1.29, 1.82) is 0 Å². The van der Waals surface area contributed by atoms with Gasteiger partial charge in [0, 0.05) is 16.8 Å². The van der Waals surface area contributed by atoms with Crippen molar-refractivity contribution in [3.8, 4) is 0 Å². The number of nitrogens with zero attached hydrogens (tertiary/aromatic N) is 1. The molecule has 0 spiro atoms. The molecule has 2 aromatic heterocycles. The number of aryl methyl sites for hydroxylation is 2. The fourth-order valence-electron chi connectivity index (χ4n) is 1.55. The minimum Gasteiger partial charge on any atom is -0.398 e. The summed E-state index contributed by atoms with van der Waals surface area (Å²) in [7, 11) is -3.60. The third-order valence-electron chi connectivity index (χ3n) is 2.20. The molecular formula is C11H13N3O2S2. The Bertz CT molecular complexity index is 657. The van der Waals surface area contributed by atoms with E-state index in [9.17, 15) is 8.42 Å². The topological polar surface area (TPSA) is 85.1 Å². The van der Waals surface area contributed by atoms with Gasteiger partial charge in [-0.3, -0.25) is 4.72 Å². The number of anilines is 2. The standard InChI is InChI=1S/C11H13N3O2S2/c1-7-3-8(2)13-10(4-7)14-18(15,16)11-5-9(12)6-17-11/h3-6H,12H2,1-2H3,(H,13,14). The van der Waals surface area contributed by atoms with Crippen molar-refractivity contribution in [2.24, 2.45) is 0 Å². The Morgan fingerprint density at radius 3 is 2.56 bits per heavy atom. The van der Waals surface area contributed by atoms with Gasteiger partial charge < -0.3 is 5.73 Å². The summed E-state index contributed by atoms with van der Waals surface area (Å²) < 4.78 is 26.7. The van der Waals surface area contributed by atoms with Crippen molar-refractivity contribution in [2.75, 3.05) is 10.5 Å². The second kappa shape index (κ2) is 4.58. The molecule has 3 N–H and O–H groups in total. The van der Waals surface area contributed by atoms with Gasteiger partial charge in [-0.2, -0.15) is 0 Å². The van der Waals surface area contributed by atoms with Crippen molar-refractivity contribution in [1.82, 2.24) is 4.98 Å². The highest BCUT2D eigenvalue weighted by Crippen LogP contribution is 2.23. The highest BCUT2D eigenvalue weighted by atomic mass is 32.2. The smallest absolute Gasteiger partial charge is 0.272 e. The van der Waals surface area contributed by atoms with E-state index >= 15 is 0 Å². The van der Waals surface area contributed by atoms with Gasteiger partial charge in [0.1, 0.15) is 10.0 Å². The molecule has 0 aromatic carbocycles. The van der Waals surface area contributed by atoms with Gasteiger partial charge in [0.05, 0.1) is 0 Å². The van der Waals surface area contributed by atoms with Crippen LogP contribution in [0.4, 0.5) is 11.5 Å². The number of aromatic nitrogens is 1. The lowest BCUT2D eigenvalue weighted by Gasteiger charge is -2.07. The molecule has 0 amide bonds. The van der Waals surface area contributed by atoms with E-state index in [2.05, 4.69) is 9.71 Å². The van der Waals surface area contributed by atoms with E-state index in [-0.39, 0.29) is 4.21 Å².